The first-order chi connectivity index (χ1) is 5.49. The monoisotopic (exact) mass is 168 g/mol. The van der Waals surface area contributed by atoms with Gasteiger partial charge in [-0.25, -0.2) is 0 Å². The molecule has 0 fully saturated rings. The van der Waals surface area contributed by atoms with Crippen LogP contribution in [-0.4, -0.2) is 5.78 Å². The Balaban J connectivity index is 4.22. The van der Waals surface area contributed by atoms with Crippen molar-refractivity contribution in [3.63, 3.8) is 0 Å². The molecule has 0 aliphatic carbocycles. The van der Waals surface area contributed by atoms with E-state index in [9.17, 15) is 4.79 Å². The summed E-state index contributed by atoms with van der Waals surface area (Å²) in [6.07, 6.45) is 2.75. The number of carbonyl (C=O) groups excluding carboxylic acids is 1. The third-order valence-electron chi connectivity index (χ3n) is 2.40. The minimum atomic E-state index is 0.159. The zero-order valence-corrected chi connectivity index (χ0v) is 8.85. The lowest BCUT2D eigenvalue weighted by atomic mass is 9.92. The number of allylic oxidation sites excluding steroid dienone is 2. The SMILES string of the molecule is CC/C(C)=C\C(=O)C(C)C(C)C. The van der Waals surface area contributed by atoms with E-state index in [0.29, 0.717) is 5.92 Å². The molecule has 0 spiro atoms. The molecule has 1 unspecified atom stereocenters. The molecule has 0 heterocycles. The zero-order chi connectivity index (χ0) is 9.72. The Labute approximate surface area is 75.9 Å². The van der Waals surface area contributed by atoms with Crippen LogP contribution in [0.1, 0.15) is 41.0 Å². The predicted molar refractivity (Wildman–Crippen MR) is 53.1 cm³/mol. The maximum Gasteiger partial charge on any atom is 0.158 e. The van der Waals surface area contributed by atoms with Crippen molar-refractivity contribution in [3.8, 4) is 0 Å². The van der Waals surface area contributed by atoms with E-state index in [0.717, 1.165) is 6.42 Å². The van der Waals surface area contributed by atoms with E-state index in [1.807, 2.05) is 13.8 Å². The maximum absolute atomic E-state index is 11.5. The van der Waals surface area contributed by atoms with Crippen LogP contribution >= 0.6 is 0 Å². The average Bonchev–Trinajstić information content (AvgIpc) is 2.02. The minimum Gasteiger partial charge on any atom is -0.295 e. The summed E-state index contributed by atoms with van der Waals surface area (Å²) < 4.78 is 0. The molecular formula is C11H20O. The Kier molecular flexibility index (Phi) is 4.87. The highest BCUT2D eigenvalue weighted by Gasteiger charge is 2.13. The summed E-state index contributed by atoms with van der Waals surface area (Å²) in [5, 5.41) is 0. The highest BCUT2D eigenvalue weighted by molar-refractivity contribution is 5.92. The number of rotatable bonds is 4. The van der Waals surface area contributed by atoms with Crippen LogP contribution in [-0.2, 0) is 4.79 Å². The summed E-state index contributed by atoms with van der Waals surface area (Å²) in [4.78, 5) is 11.5. The van der Waals surface area contributed by atoms with E-state index in [1.54, 1.807) is 6.08 Å². The number of hydrogen-bond donors (Lipinski definition) is 0. The molecule has 70 valence electrons. The predicted octanol–water partition coefficient (Wildman–Crippen LogP) is 3.20. The summed E-state index contributed by atoms with van der Waals surface area (Å²) in [5.41, 5.74) is 1.17. The second kappa shape index (κ2) is 5.13. The Morgan fingerprint density at radius 1 is 1.33 bits per heavy atom. The summed E-state index contributed by atoms with van der Waals surface area (Å²) >= 11 is 0. The Hall–Kier alpha value is -0.590. The van der Waals surface area contributed by atoms with Crippen molar-refractivity contribution in [2.24, 2.45) is 11.8 Å². The van der Waals surface area contributed by atoms with Gasteiger partial charge in [-0.1, -0.05) is 33.3 Å². The standard InChI is InChI=1S/C11H20O/c1-6-9(4)7-11(12)10(5)8(2)3/h7-8,10H,6H2,1-5H3/b9-7-. The van der Waals surface area contributed by atoms with Crippen LogP contribution in [0.2, 0.25) is 0 Å². The molecule has 1 nitrogen and oxygen atoms in total. The Bertz CT molecular complexity index is 177. The summed E-state index contributed by atoms with van der Waals surface area (Å²) in [6, 6.07) is 0. The molecule has 0 saturated heterocycles. The largest absolute Gasteiger partial charge is 0.295 e. The van der Waals surface area contributed by atoms with Crippen molar-refractivity contribution in [2.45, 2.75) is 41.0 Å². The Morgan fingerprint density at radius 2 is 1.83 bits per heavy atom. The molecule has 1 atom stereocenters. The van der Waals surface area contributed by atoms with E-state index in [1.165, 1.54) is 5.57 Å². The first-order valence-electron chi connectivity index (χ1n) is 4.70. The van der Waals surface area contributed by atoms with Crippen molar-refractivity contribution in [1.82, 2.24) is 0 Å². The average molecular weight is 168 g/mol. The molecule has 1 heteroatoms. The molecule has 0 aromatic rings. The summed E-state index contributed by atoms with van der Waals surface area (Å²) in [7, 11) is 0. The van der Waals surface area contributed by atoms with Gasteiger partial charge in [-0.2, -0.15) is 0 Å². The van der Waals surface area contributed by atoms with E-state index in [2.05, 4.69) is 20.8 Å². The quantitative estimate of drug-likeness (QED) is 0.589. The molecule has 0 amide bonds. The van der Waals surface area contributed by atoms with Crippen LogP contribution in [0, 0.1) is 11.8 Å². The number of hydrogen-bond acceptors (Lipinski definition) is 1. The van der Waals surface area contributed by atoms with Crippen LogP contribution in [0.15, 0.2) is 11.6 Å². The van der Waals surface area contributed by atoms with Gasteiger partial charge < -0.3 is 0 Å². The molecular weight excluding hydrogens is 148 g/mol. The van der Waals surface area contributed by atoms with Crippen LogP contribution < -0.4 is 0 Å². The van der Waals surface area contributed by atoms with E-state index < -0.39 is 0 Å². The van der Waals surface area contributed by atoms with Crippen molar-refractivity contribution in [3.05, 3.63) is 11.6 Å². The summed E-state index contributed by atoms with van der Waals surface area (Å²) in [5.74, 6) is 0.870. The van der Waals surface area contributed by atoms with E-state index >= 15 is 0 Å². The topological polar surface area (TPSA) is 17.1 Å². The third kappa shape index (κ3) is 3.70. The molecule has 12 heavy (non-hydrogen) atoms. The van der Waals surface area contributed by atoms with Gasteiger partial charge in [0, 0.05) is 5.92 Å². The smallest absolute Gasteiger partial charge is 0.158 e. The molecule has 0 aromatic heterocycles. The van der Waals surface area contributed by atoms with Gasteiger partial charge in [0.15, 0.2) is 5.78 Å². The van der Waals surface area contributed by atoms with Gasteiger partial charge in [-0.15, -0.1) is 0 Å². The van der Waals surface area contributed by atoms with E-state index in [4.69, 9.17) is 0 Å². The van der Waals surface area contributed by atoms with Crippen molar-refractivity contribution >= 4 is 5.78 Å². The normalized spacial score (nSPS) is 15.0. The van der Waals surface area contributed by atoms with Gasteiger partial charge in [-0.3, -0.25) is 4.79 Å². The van der Waals surface area contributed by atoms with Gasteiger partial charge in [0.2, 0.25) is 0 Å². The number of ketones is 1. The lowest BCUT2D eigenvalue weighted by Crippen LogP contribution is -2.14. The van der Waals surface area contributed by atoms with Crippen LogP contribution in [0.25, 0.3) is 0 Å². The van der Waals surface area contributed by atoms with Gasteiger partial charge in [0.25, 0.3) is 0 Å². The van der Waals surface area contributed by atoms with Crippen LogP contribution in [0.3, 0.4) is 0 Å². The maximum atomic E-state index is 11.5. The first-order valence-corrected chi connectivity index (χ1v) is 4.70. The highest BCUT2D eigenvalue weighted by atomic mass is 16.1. The summed E-state index contributed by atoms with van der Waals surface area (Å²) in [6.45, 7) is 10.2. The van der Waals surface area contributed by atoms with Crippen LogP contribution in [0.5, 0.6) is 0 Å². The van der Waals surface area contributed by atoms with E-state index in [-0.39, 0.29) is 11.7 Å². The zero-order valence-electron chi connectivity index (χ0n) is 8.85. The van der Waals surface area contributed by atoms with Crippen LogP contribution in [0.4, 0.5) is 0 Å². The molecule has 0 aromatic carbocycles. The second-order valence-electron chi connectivity index (χ2n) is 3.78. The first kappa shape index (κ1) is 11.4. The lowest BCUT2D eigenvalue weighted by molar-refractivity contribution is -0.118. The molecule has 0 bridgehead atoms. The van der Waals surface area contributed by atoms with Gasteiger partial charge in [0.1, 0.15) is 0 Å². The fourth-order valence-corrected chi connectivity index (χ4v) is 0.805. The van der Waals surface area contributed by atoms with Gasteiger partial charge >= 0.3 is 0 Å². The highest BCUT2D eigenvalue weighted by Crippen LogP contribution is 2.12. The third-order valence-corrected chi connectivity index (χ3v) is 2.40. The molecule has 0 saturated carbocycles. The second-order valence-corrected chi connectivity index (χ2v) is 3.78. The van der Waals surface area contributed by atoms with Crippen molar-refractivity contribution in [1.29, 1.82) is 0 Å². The van der Waals surface area contributed by atoms with Gasteiger partial charge in [0.05, 0.1) is 0 Å². The van der Waals surface area contributed by atoms with Crippen molar-refractivity contribution in [2.75, 3.05) is 0 Å². The van der Waals surface area contributed by atoms with Crippen molar-refractivity contribution < 1.29 is 4.79 Å². The minimum absolute atomic E-state index is 0.159. The fraction of sp³-hybridized carbons (Fsp3) is 0.727. The lowest BCUT2D eigenvalue weighted by Gasteiger charge is -2.11. The Morgan fingerprint density at radius 3 is 2.17 bits per heavy atom. The van der Waals surface area contributed by atoms with Gasteiger partial charge in [-0.05, 0) is 25.3 Å². The molecule has 0 N–H and O–H groups in total. The molecule has 0 rings (SSSR count). The molecule has 0 aliphatic heterocycles. The fourth-order valence-electron chi connectivity index (χ4n) is 0.805. The molecule has 0 radical (unpaired) electrons. The number of carbonyl (C=O) groups is 1. The molecule has 0 aliphatic rings.